The maximum absolute atomic E-state index is 14.2. The highest BCUT2D eigenvalue weighted by Crippen LogP contribution is 2.55. The predicted molar refractivity (Wildman–Crippen MR) is 132 cm³/mol. The maximum Gasteiger partial charge on any atom is 0.339 e. The number of fused-ring (bicyclic) bond motifs is 1. The summed E-state index contributed by atoms with van der Waals surface area (Å²) in [7, 11) is -9.25. The first-order chi connectivity index (χ1) is 17.8. The number of rotatable bonds is 10. The molecule has 0 amide bonds. The van der Waals surface area contributed by atoms with Crippen molar-refractivity contribution in [2.24, 2.45) is 0 Å². The molecule has 0 bridgehead atoms. The number of aliphatic hydroxyl groups excluding tert-OH is 2. The molecule has 4 rings (SSSR count). The molecule has 3 aromatic rings. The Morgan fingerprint density at radius 3 is 2.66 bits per heavy atom. The van der Waals surface area contributed by atoms with Gasteiger partial charge in [-0.2, -0.15) is 5.10 Å². The zero-order valence-corrected chi connectivity index (χ0v) is 22.2. The summed E-state index contributed by atoms with van der Waals surface area (Å²) in [6.45, 7) is 1.01. The minimum atomic E-state index is -4.70. The molecule has 14 nitrogen and oxygen atoms in total. The van der Waals surface area contributed by atoms with Crippen LogP contribution in [0.3, 0.4) is 0 Å². The molecule has 1 fully saturated rings. The van der Waals surface area contributed by atoms with Gasteiger partial charge in [0.1, 0.15) is 35.2 Å². The topological polar surface area (TPSA) is 209 Å². The predicted octanol–water partition coefficient (Wildman–Crippen LogP) is 2.34. The number of anilines is 1. The molecule has 0 spiro atoms. The van der Waals surface area contributed by atoms with E-state index in [-0.39, 0.29) is 10.8 Å². The van der Waals surface area contributed by atoms with Crippen LogP contribution in [0.5, 0.6) is 0 Å². The Morgan fingerprint density at radius 1 is 1.26 bits per heavy atom. The Kier molecular flexibility index (Phi) is 8.58. The SMILES string of the molecule is C[C@H](Nc1cc(Cl)nc2c1cnn2[C@@H]1OC(COP(=O)(O)CP(=O)(O)NO)[C@@H](O)[C@H]1O)c1ccccc1F. The highest BCUT2D eigenvalue weighted by Gasteiger charge is 2.46. The summed E-state index contributed by atoms with van der Waals surface area (Å²) in [4.78, 5) is 23.3. The molecule has 1 aromatic carbocycles. The smallest absolute Gasteiger partial charge is 0.339 e. The molecule has 0 radical (unpaired) electrons. The number of nitrogens with zero attached hydrogens (tertiary/aromatic N) is 3. The number of hydrogen-bond acceptors (Lipinski definition) is 10. The molecule has 7 N–H and O–H groups in total. The number of nitrogens with one attached hydrogen (secondary N) is 2. The van der Waals surface area contributed by atoms with Gasteiger partial charge in [-0.1, -0.05) is 29.8 Å². The molecule has 3 unspecified atom stereocenters. The van der Waals surface area contributed by atoms with Crippen LogP contribution < -0.4 is 10.6 Å². The average molecular weight is 596 g/mol. The van der Waals surface area contributed by atoms with E-state index in [1.165, 1.54) is 18.3 Å². The Balaban J connectivity index is 1.54. The number of pyridine rings is 1. The van der Waals surface area contributed by atoms with E-state index >= 15 is 0 Å². The third-order valence-electron chi connectivity index (χ3n) is 5.82. The van der Waals surface area contributed by atoms with Gasteiger partial charge >= 0.3 is 15.1 Å². The van der Waals surface area contributed by atoms with E-state index in [9.17, 15) is 33.5 Å². The molecule has 1 aliphatic heterocycles. The van der Waals surface area contributed by atoms with Crippen LogP contribution in [-0.2, 0) is 18.4 Å². The lowest BCUT2D eigenvalue weighted by molar-refractivity contribution is -0.0541. The van der Waals surface area contributed by atoms with E-state index in [2.05, 4.69) is 15.4 Å². The number of aliphatic hydroxyl groups is 2. The first-order valence-electron chi connectivity index (χ1n) is 11.1. The fraction of sp³-hybridized carbons (Fsp3) is 0.400. The summed E-state index contributed by atoms with van der Waals surface area (Å²) in [5.74, 6) is -1.70. The third kappa shape index (κ3) is 6.24. The highest BCUT2D eigenvalue weighted by atomic mass is 35.5. The molecule has 208 valence electrons. The van der Waals surface area contributed by atoms with Crippen molar-refractivity contribution in [3.05, 3.63) is 53.1 Å². The fourth-order valence-electron chi connectivity index (χ4n) is 4.00. The Morgan fingerprint density at radius 2 is 1.97 bits per heavy atom. The molecule has 0 saturated carbocycles. The molecule has 0 aliphatic carbocycles. The zero-order chi connectivity index (χ0) is 27.8. The molecule has 3 heterocycles. The number of benzene rings is 1. The van der Waals surface area contributed by atoms with Gasteiger partial charge in [0.2, 0.25) is 0 Å². The van der Waals surface area contributed by atoms with Gasteiger partial charge < -0.3 is 39.8 Å². The molecule has 18 heteroatoms. The first kappa shape index (κ1) is 29.0. The number of halogens is 2. The monoisotopic (exact) mass is 595 g/mol. The van der Waals surface area contributed by atoms with Crippen LogP contribution in [0.15, 0.2) is 36.5 Å². The van der Waals surface area contributed by atoms with Crippen LogP contribution in [-0.4, -0.2) is 70.8 Å². The van der Waals surface area contributed by atoms with Gasteiger partial charge in [-0.3, -0.25) is 9.13 Å². The van der Waals surface area contributed by atoms with Gasteiger partial charge in [0.25, 0.3) is 0 Å². The van der Waals surface area contributed by atoms with Crippen LogP contribution in [0.4, 0.5) is 10.1 Å². The van der Waals surface area contributed by atoms with E-state index in [4.69, 9.17) is 26.1 Å². The lowest BCUT2D eigenvalue weighted by Crippen LogP contribution is -2.33. The summed E-state index contributed by atoms with van der Waals surface area (Å²) in [6, 6.07) is 7.30. The molecular formula is C20H25ClFN5O9P2. The van der Waals surface area contributed by atoms with Gasteiger partial charge in [-0.15, -0.1) is 5.25 Å². The Labute approximate surface area is 220 Å². The minimum Gasteiger partial charge on any atom is -0.387 e. The lowest BCUT2D eigenvalue weighted by atomic mass is 10.1. The summed E-state index contributed by atoms with van der Waals surface area (Å²) >= 11 is 6.21. The van der Waals surface area contributed by atoms with E-state index < -0.39 is 64.0 Å². The highest BCUT2D eigenvalue weighted by molar-refractivity contribution is 7.71. The second-order valence-electron chi connectivity index (χ2n) is 8.63. The van der Waals surface area contributed by atoms with Crippen molar-refractivity contribution in [2.45, 2.75) is 37.5 Å². The van der Waals surface area contributed by atoms with Crippen LogP contribution >= 0.6 is 26.7 Å². The second kappa shape index (κ2) is 11.2. The molecule has 1 aliphatic rings. The van der Waals surface area contributed by atoms with Crippen molar-refractivity contribution in [1.82, 2.24) is 20.0 Å². The van der Waals surface area contributed by atoms with E-state index in [1.54, 1.807) is 25.1 Å². The van der Waals surface area contributed by atoms with Crippen LogP contribution in [0.2, 0.25) is 5.15 Å². The maximum atomic E-state index is 14.2. The largest absolute Gasteiger partial charge is 0.387 e. The average Bonchev–Trinajstić information content (AvgIpc) is 3.38. The number of hydrogen-bond donors (Lipinski definition) is 7. The van der Waals surface area contributed by atoms with E-state index in [1.807, 2.05) is 0 Å². The molecule has 1 saturated heterocycles. The van der Waals surface area contributed by atoms with Crippen molar-refractivity contribution in [2.75, 3.05) is 17.8 Å². The van der Waals surface area contributed by atoms with Gasteiger partial charge in [0, 0.05) is 5.56 Å². The quantitative estimate of drug-likeness (QED) is 0.102. The second-order valence-corrected chi connectivity index (χ2v) is 13.3. The minimum absolute atomic E-state index is 0.0440. The molecule has 38 heavy (non-hydrogen) atoms. The van der Waals surface area contributed by atoms with Crippen molar-refractivity contribution in [3.8, 4) is 0 Å². The Bertz CT molecular complexity index is 1410. The van der Waals surface area contributed by atoms with Crippen molar-refractivity contribution in [3.63, 3.8) is 0 Å². The van der Waals surface area contributed by atoms with Gasteiger partial charge in [0.15, 0.2) is 11.9 Å². The van der Waals surface area contributed by atoms with Crippen LogP contribution in [0.25, 0.3) is 11.0 Å². The van der Waals surface area contributed by atoms with Crippen molar-refractivity contribution >= 4 is 43.4 Å². The van der Waals surface area contributed by atoms with Gasteiger partial charge in [-0.05, 0) is 19.1 Å². The van der Waals surface area contributed by atoms with Crippen LogP contribution in [0.1, 0.15) is 24.8 Å². The molecule has 7 atom stereocenters. The molecule has 2 aromatic heterocycles. The number of aromatic nitrogens is 3. The van der Waals surface area contributed by atoms with E-state index in [0.717, 1.165) is 9.93 Å². The number of ether oxygens (including phenoxy) is 1. The summed E-state index contributed by atoms with van der Waals surface area (Å²) < 4.78 is 49.4. The summed E-state index contributed by atoms with van der Waals surface area (Å²) in [6.07, 6.45) is -4.44. The van der Waals surface area contributed by atoms with E-state index in [0.29, 0.717) is 16.6 Å². The van der Waals surface area contributed by atoms with Crippen LogP contribution in [0, 0.1) is 5.82 Å². The fourth-order valence-corrected chi connectivity index (χ4v) is 7.09. The van der Waals surface area contributed by atoms with Gasteiger partial charge in [-0.25, -0.2) is 14.1 Å². The zero-order valence-electron chi connectivity index (χ0n) is 19.6. The van der Waals surface area contributed by atoms with Crippen molar-refractivity contribution in [1.29, 1.82) is 0 Å². The Hall–Kier alpha value is -2.00. The third-order valence-corrected chi connectivity index (χ3v) is 9.85. The molecular weight excluding hydrogens is 571 g/mol. The summed E-state index contributed by atoms with van der Waals surface area (Å²) in [5.41, 5.74) is 1.03. The van der Waals surface area contributed by atoms with Gasteiger partial charge in [0.05, 0.1) is 29.9 Å². The normalized spacial score (nSPS) is 25.7. The lowest BCUT2D eigenvalue weighted by Gasteiger charge is -2.19. The standard InChI is InChI=1S/C20H25ClFN5O9P2/c1-10(11-4-2-3-5-13(11)22)24-14-6-16(21)25-19-12(14)7-23-27(19)20-18(29)17(28)15(36-20)8-35-38(33,34)9-37(31,32)26-30/h2-7,10,15,17-18,20,28-30H,8-9H2,1H3,(H,24,25)(H,33,34)(H2,26,31,32)/t10-,15?,17+,18+,20+/m0/s1. The summed E-state index contributed by atoms with van der Waals surface area (Å²) in [5, 5.41) is 38.5. The first-order valence-corrected chi connectivity index (χ1v) is 15.1. The van der Waals surface area contributed by atoms with Crippen molar-refractivity contribution < 1.29 is 48.0 Å².